The van der Waals surface area contributed by atoms with E-state index >= 15 is 0 Å². The van der Waals surface area contributed by atoms with Crippen LogP contribution in [-0.4, -0.2) is 22.5 Å². The van der Waals surface area contributed by atoms with Crippen LogP contribution in [0.2, 0.25) is 0 Å². The van der Waals surface area contributed by atoms with Gasteiger partial charge in [-0.15, -0.1) is 0 Å². The summed E-state index contributed by atoms with van der Waals surface area (Å²) in [7, 11) is 0. The summed E-state index contributed by atoms with van der Waals surface area (Å²) in [5, 5.41) is 11.3. The molecule has 1 aromatic carbocycles. The second kappa shape index (κ2) is 6.77. The number of nitrogens with zero attached hydrogens (tertiary/aromatic N) is 3. The highest BCUT2D eigenvalue weighted by atomic mass is 16.6. The molecule has 1 aliphatic heterocycles. The fourth-order valence-corrected chi connectivity index (χ4v) is 3.66. The van der Waals surface area contributed by atoms with Gasteiger partial charge in [0, 0.05) is 30.8 Å². The van der Waals surface area contributed by atoms with Crippen LogP contribution in [0.15, 0.2) is 48.7 Å². The molecule has 5 nitrogen and oxygen atoms in total. The van der Waals surface area contributed by atoms with Gasteiger partial charge < -0.3 is 4.90 Å². The fourth-order valence-electron chi connectivity index (χ4n) is 3.66. The molecule has 2 heterocycles. The standard InChI is InChI=1S/C18H21N3O2/c1-2-15(14-8-4-3-5-9-14)16-11-7-13-20(16)18-17(21(22)23)10-6-12-19-18/h3-6,8-10,12,15-16H,2,7,11,13H2,1H3/t15-,16+/m0/s1. The monoisotopic (exact) mass is 311 g/mol. The van der Waals surface area contributed by atoms with Crippen LogP contribution in [0.5, 0.6) is 0 Å². The first-order valence-electron chi connectivity index (χ1n) is 8.13. The van der Waals surface area contributed by atoms with Crippen molar-refractivity contribution in [3.05, 3.63) is 64.3 Å². The average Bonchev–Trinajstić information content (AvgIpc) is 3.06. The molecule has 0 bridgehead atoms. The number of anilines is 1. The zero-order valence-electron chi connectivity index (χ0n) is 13.3. The minimum atomic E-state index is -0.332. The molecule has 1 saturated heterocycles. The van der Waals surface area contributed by atoms with Crippen molar-refractivity contribution in [2.45, 2.75) is 38.1 Å². The molecule has 2 atom stereocenters. The van der Waals surface area contributed by atoms with Gasteiger partial charge in [-0.2, -0.15) is 0 Å². The Bertz CT molecular complexity index is 675. The van der Waals surface area contributed by atoms with Crippen molar-refractivity contribution in [1.82, 2.24) is 4.98 Å². The van der Waals surface area contributed by atoms with Gasteiger partial charge in [-0.25, -0.2) is 4.98 Å². The Balaban J connectivity index is 1.96. The summed E-state index contributed by atoms with van der Waals surface area (Å²) in [5.74, 6) is 0.870. The van der Waals surface area contributed by atoms with Crippen molar-refractivity contribution in [3.63, 3.8) is 0 Å². The molecule has 23 heavy (non-hydrogen) atoms. The van der Waals surface area contributed by atoms with Crippen LogP contribution in [0.4, 0.5) is 11.5 Å². The van der Waals surface area contributed by atoms with Gasteiger partial charge in [-0.3, -0.25) is 10.1 Å². The predicted octanol–water partition coefficient (Wildman–Crippen LogP) is 4.15. The summed E-state index contributed by atoms with van der Waals surface area (Å²) in [6.07, 6.45) is 4.73. The van der Waals surface area contributed by atoms with Crippen LogP contribution in [0.25, 0.3) is 0 Å². The molecule has 0 aliphatic carbocycles. The van der Waals surface area contributed by atoms with Gasteiger partial charge in [-0.1, -0.05) is 37.3 Å². The molecule has 0 saturated carbocycles. The van der Waals surface area contributed by atoms with Crippen molar-refractivity contribution >= 4 is 11.5 Å². The molecule has 0 unspecified atom stereocenters. The van der Waals surface area contributed by atoms with E-state index in [-0.39, 0.29) is 16.7 Å². The van der Waals surface area contributed by atoms with Crippen LogP contribution in [0.3, 0.4) is 0 Å². The van der Waals surface area contributed by atoms with Crippen LogP contribution < -0.4 is 4.90 Å². The van der Waals surface area contributed by atoms with Gasteiger partial charge in [0.25, 0.3) is 0 Å². The molecule has 2 aromatic rings. The molecule has 1 aliphatic rings. The van der Waals surface area contributed by atoms with E-state index < -0.39 is 0 Å². The molecule has 0 spiro atoms. The van der Waals surface area contributed by atoms with Crippen molar-refractivity contribution in [3.8, 4) is 0 Å². The van der Waals surface area contributed by atoms with E-state index in [9.17, 15) is 10.1 Å². The maximum atomic E-state index is 11.3. The fraction of sp³-hybridized carbons (Fsp3) is 0.389. The molecule has 3 rings (SSSR count). The van der Waals surface area contributed by atoms with Crippen LogP contribution >= 0.6 is 0 Å². The Morgan fingerprint density at radius 3 is 2.78 bits per heavy atom. The lowest BCUT2D eigenvalue weighted by molar-refractivity contribution is -0.384. The number of nitro groups is 1. The first kappa shape index (κ1) is 15.5. The maximum absolute atomic E-state index is 11.3. The third kappa shape index (κ3) is 3.04. The maximum Gasteiger partial charge on any atom is 0.311 e. The van der Waals surface area contributed by atoms with Gasteiger partial charge in [-0.05, 0) is 30.9 Å². The van der Waals surface area contributed by atoms with Gasteiger partial charge in [0.2, 0.25) is 5.82 Å². The highest BCUT2D eigenvalue weighted by Gasteiger charge is 2.35. The van der Waals surface area contributed by atoms with Gasteiger partial charge in [0.1, 0.15) is 0 Å². The number of rotatable bonds is 5. The minimum Gasteiger partial charge on any atom is -0.347 e. The normalized spacial score (nSPS) is 18.8. The van der Waals surface area contributed by atoms with E-state index in [2.05, 4.69) is 41.1 Å². The summed E-state index contributed by atoms with van der Waals surface area (Å²) >= 11 is 0. The molecule has 0 N–H and O–H groups in total. The second-order valence-electron chi connectivity index (χ2n) is 5.93. The molecule has 120 valence electrons. The number of hydrogen-bond acceptors (Lipinski definition) is 4. The van der Waals surface area contributed by atoms with Gasteiger partial charge in [0.05, 0.1) is 4.92 Å². The molecule has 1 fully saturated rings. The van der Waals surface area contributed by atoms with Crippen molar-refractivity contribution in [2.75, 3.05) is 11.4 Å². The lowest BCUT2D eigenvalue weighted by atomic mass is 9.87. The second-order valence-corrected chi connectivity index (χ2v) is 5.93. The average molecular weight is 311 g/mol. The molecule has 5 heteroatoms. The van der Waals surface area contributed by atoms with Crippen molar-refractivity contribution in [2.24, 2.45) is 0 Å². The minimum absolute atomic E-state index is 0.0994. The Hall–Kier alpha value is -2.43. The van der Waals surface area contributed by atoms with E-state index in [0.717, 1.165) is 25.8 Å². The predicted molar refractivity (Wildman–Crippen MR) is 90.7 cm³/mol. The number of hydrogen-bond donors (Lipinski definition) is 0. The molecular weight excluding hydrogens is 290 g/mol. The topological polar surface area (TPSA) is 59.3 Å². The van der Waals surface area contributed by atoms with E-state index in [1.54, 1.807) is 18.3 Å². The van der Waals surface area contributed by atoms with Crippen LogP contribution in [0.1, 0.15) is 37.7 Å². The quantitative estimate of drug-likeness (QED) is 0.614. The van der Waals surface area contributed by atoms with E-state index in [1.807, 2.05) is 6.07 Å². The molecule has 0 amide bonds. The zero-order chi connectivity index (χ0) is 16.2. The van der Waals surface area contributed by atoms with Gasteiger partial charge >= 0.3 is 5.69 Å². The molecule has 1 aromatic heterocycles. The Kier molecular flexibility index (Phi) is 4.55. The number of aromatic nitrogens is 1. The zero-order valence-corrected chi connectivity index (χ0v) is 13.3. The van der Waals surface area contributed by atoms with E-state index in [1.165, 1.54) is 5.56 Å². The molecule has 0 radical (unpaired) electrons. The smallest absolute Gasteiger partial charge is 0.311 e. The summed E-state index contributed by atoms with van der Waals surface area (Å²) in [6, 6.07) is 13.9. The summed E-state index contributed by atoms with van der Waals surface area (Å²) in [5.41, 5.74) is 1.40. The summed E-state index contributed by atoms with van der Waals surface area (Å²) in [6.45, 7) is 3.01. The van der Waals surface area contributed by atoms with Crippen LogP contribution in [0, 0.1) is 10.1 Å². The Morgan fingerprint density at radius 1 is 1.30 bits per heavy atom. The highest BCUT2D eigenvalue weighted by Crippen LogP contribution is 2.38. The number of pyridine rings is 1. The summed E-state index contributed by atoms with van der Waals surface area (Å²) < 4.78 is 0. The van der Waals surface area contributed by atoms with E-state index in [4.69, 9.17) is 0 Å². The van der Waals surface area contributed by atoms with Crippen molar-refractivity contribution < 1.29 is 4.92 Å². The molecular formula is C18H21N3O2. The Labute approximate surface area is 136 Å². The largest absolute Gasteiger partial charge is 0.347 e. The lowest BCUT2D eigenvalue weighted by Gasteiger charge is -2.32. The Morgan fingerprint density at radius 2 is 2.09 bits per heavy atom. The number of benzene rings is 1. The van der Waals surface area contributed by atoms with Crippen molar-refractivity contribution in [1.29, 1.82) is 0 Å². The summed E-state index contributed by atoms with van der Waals surface area (Å²) in [4.78, 5) is 17.5. The third-order valence-corrected chi connectivity index (χ3v) is 4.67. The SMILES string of the molecule is CC[C@@H](c1ccccc1)[C@H]1CCCN1c1ncccc1[N+](=O)[O-]. The van der Waals surface area contributed by atoms with Gasteiger partial charge in [0.15, 0.2) is 0 Å². The highest BCUT2D eigenvalue weighted by molar-refractivity contribution is 5.59. The van der Waals surface area contributed by atoms with Crippen LogP contribution in [-0.2, 0) is 0 Å². The van der Waals surface area contributed by atoms with E-state index in [0.29, 0.717) is 11.7 Å². The first-order chi connectivity index (χ1) is 11.2. The lowest BCUT2D eigenvalue weighted by Crippen LogP contribution is -2.35. The first-order valence-corrected chi connectivity index (χ1v) is 8.13. The third-order valence-electron chi connectivity index (χ3n) is 4.67.